The minimum atomic E-state index is -0.291. The third kappa shape index (κ3) is 4.36. The van der Waals surface area contributed by atoms with Crippen molar-refractivity contribution in [3.63, 3.8) is 0 Å². The Bertz CT molecular complexity index is 1250. The monoisotopic (exact) mass is 420 g/mol. The van der Waals surface area contributed by atoms with Crippen LogP contribution in [0.3, 0.4) is 0 Å². The Kier molecular flexibility index (Phi) is 5.81. The van der Waals surface area contributed by atoms with Crippen molar-refractivity contribution in [2.75, 3.05) is 6.54 Å². The number of nitrogens with one attached hydrogen (secondary N) is 1. The van der Waals surface area contributed by atoms with Crippen molar-refractivity contribution in [1.29, 1.82) is 0 Å². The number of hydrogen-bond acceptors (Lipinski definition) is 3. The fourth-order valence-electron chi connectivity index (χ4n) is 2.89. The van der Waals surface area contributed by atoms with E-state index in [-0.39, 0.29) is 11.6 Å². The van der Waals surface area contributed by atoms with Crippen LogP contribution in [-0.4, -0.2) is 22.4 Å². The van der Waals surface area contributed by atoms with E-state index in [0.717, 1.165) is 28.2 Å². The van der Waals surface area contributed by atoms with Crippen molar-refractivity contribution >= 4 is 17.6 Å². The minimum absolute atomic E-state index is 0.273. The second kappa shape index (κ2) is 8.84. The molecule has 0 aliphatic carbocycles. The molecular weight excluding hydrogens is 402 g/mol. The summed E-state index contributed by atoms with van der Waals surface area (Å²) in [4.78, 5) is 8.46. The molecule has 2 aromatic heterocycles. The zero-order valence-corrected chi connectivity index (χ0v) is 16.7. The van der Waals surface area contributed by atoms with Gasteiger partial charge in [-0.2, -0.15) is 5.10 Å². The van der Waals surface area contributed by atoms with Gasteiger partial charge in [0.15, 0.2) is 0 Å². The lowest BCUT2D eigenvalue weighted by molar-refractivity contribution is 0.627. The van der Waals surface area contributed by atoms with Gasteiger partial charge in [0.1, 0.15) is 11.6 Å². The maximum absolute atomic E-state index is 13.3. The van der Waals surface area contributed by atoms with Gasteiger partial charge in [-0.3, -0.25) is 4.99 Å². The summed E-state index contributed by atoms with van der Waals surface area (Å²) >= 11 is 1.45. The number of halogens is 2. The molecule has 0 aliphatic rings. The highest BCUT2D eigenvalue weighted by molar-refractivity contribution is 7.07. The van der Waals surface area contributed by atoms with Crippen LogP contribution in [0.2, 0.25) is 0 Å². The Morgan fingerprint density at radius 1 is 0.933 bits per heavy atom. The highest BCUT2D eigenvalue weighted by Crippen LogP contribution is 2.21. The van der Waals surface area contributed by atoms with Gasteiger partial charge in [0.2, 0.25) is 4.80 Å². The van der Waals surface area contributed by atoms with Crippen LogP contribution in [0, 0.1) is 11.6 Å². The number of H-pyrrole nitrogens is 1. The van der Waals surface area contributed by atoms with Crippen LogP contribution < -0.4 is 4.80 Å². The summed E-state index contributed by atoms with van der Waals surface area (Å²) in [6.45, 7) is 4.17. The molecule has 0 spiro atoms. The maximum Gasteiger partial charge on any atom is 0.206 e. The van der Waals surface area contributed by atoms with Crippen molar-refractivity contribution in [3.8, 4) is 22.5 Å². The largest absolute Gasteiger partial charge is 0.354 e. The SMILES string of the molecule is C=CCN=c1scc(-c2ccc(F)cc2)n1/N=C/c1ccc(-c2ccc(F)cc2)[nH]1. The van der Waals surface area contributed by atoms with Gasteiger partial charge in [-0.1, -0.05) is 6.08 Å². The maximum atomic E-state index is 13.3. The quantitative estimate of drug-likeness (QED) is 0.318. The number of benzene rings is 2. The summed E-state index contributed by atoms with van der Waals surface area (Å²) in [6, 6.07) is 16.3. The number of aromatic amines is 1. The Hall–Kier alpha value is -3.58. The van der Waals surface area contributed by atoms with Crippen LogP contribution in [0.1, 0.15) is 5.69 Å². The number of hydrogen-bond donors (Lipinski definition) is 1. The molecule has 2 aromatic carbocycles. The summed E-state index contributed by atoms with van der Waals surface area (Å²) in [5, 5.41) is 6.53. The first-order valence-electron chi connectivity index (χ1n) is 9.21. The lowest BCUT2D eigenvalue weighted by Gasteiger charge is -2.03. The number of aromatic nitrogens is 2. The topological polar surface area (TPSA) is 45.4 Å². The van der Waals surface area contributed by atoms with Crippen LogP contribution >= 0.6 is 11.3 Å². The fourth-order valence-corrected chi connectivity index (χ4v) is 3.73. The Morgan fingerprint density at radius 2 is 1.60 bits per heavy atom. The normalized spacial score (nSPS) is 12.0. The van der Waals surface area contributed by atoms with E-state index in [1.165, 1.54) is 35.6 Å². The van der Waals surface area contributed by atoms with Crippen LogP contribution in [-0.2, 0) is 0 Å². The smallest absolute Gasteiger partial charge is 0.206 e. The Balaban J connectivity index is 1.68. The van der Waals surface area contributed by atoms with Crippen LogP contribution in [0.25, 0.3) is 22.5 Å². The number of rotatable bonds is 6. The molecule has 0 saturated heterocycles. The van der Waals surface area contributed by atoms with Gasteiger partial charge in [-0.05, 0) is 66.2 Å². The molecule has 0 fully saturated rings. The second-order valence-electron chi connectivity index (χ2n) is 6.43. The fraction of sp³-hybridized carbons (Fsp3) is 0.0435. The van der Waals surface area contributed by atoms with E-state index >= 15 is 0 Å². The molecule has 1 N–H and O–H groups in total. The van der Waals surface area contributed by atoms with E-state index in [1.807, 2.05) is 17.5 Å². The Labute approximate surface area is 176 Å². The summed E-state index contributed by atoms with van der Waals surface area (Å²) in [6.07, 6.45) is 3.41. The molecule has 0 aliphatic heterocycles. The summed E-state index contributed by atoms with van der Waals surface area (Å²) in [7, 11) is 0. The van der Waals surface area contributed by atoms with Crippen molar-refractivity contribution in [2.24, 2.45) is 10.1 Å². The van der Waals surface area contributed by atoms with Crippen LogP contribution in [0.4, 0.5) is 8.78 Å². The minimum Gasteiger partial charge on any atom is -0.354 e. The molecule has 4 aromatic rings. The molecule has 0 bridgehead atoms. The molecule has 4 nitrogen and oxygen atoms in total. The molecule has 0 radical (unpaired) electrons. The predicted octanol–water partition coefficient (Wildman–Crippen LogP) is 5.46. The average molecular weight is 420 g/mol. The standard InChI is InChI=1S/C23H18F2N4S/c1-2-13-26-23-29(22(15-30-23)17-5-9-19(25)10-6-17)27-14-20-11-12-21(28-20)16-3-7-18(24)8-4-16/h2-12,14-15,28H,1,13H2/b26-23?,27-14+. The lowest BCUT2D eigenvalue weighted by Crippen LogP contribution is -2.12. The van der Waals surface area contributed by atoms with Crippen molar-refractivity contribution in [3.05, 3.63) is 101 Å². The highest BCUT2D eigenvalue weighted by atomic mass is 32.1. The third-order valence-electron chi connectivity index (χ3n) is 4.36. The van der Waals surface area contributed by atoms with Gasteiger partial charge < -0.3 is 4.98 Å². The number of nitrogens with zero attached hydrogens (tertiary/aromatic N) is 3. The second-order valence-corrected chi connectivity index (χ2v) is 7.27. The van der Waals surface area contributed by atoms with Gasteiger partial charge in [-0.25, -0.2) is 13.5 Å². The van der Waals surface area contributed by atoms with Crippen molar-refractivity contribution in [1.82, 2.24) is 9.66 Å². The van der Waals surface area contributed by atoms with Gasteiger partial charge in [0.05, 0.1) is 24.1 Å². The van der Waals surface area contributed by atoms with E-state index in [4.69, 9.17) is 0 Å². The predicted molar refractivity (Wildman–Crippen MR) is 118 cm³/mol. The molecular formula is C23H18F2N4S. The van der Waals surface area contributed by atoms with Gasteiger partial charge in [0, 0.05) is 16.6 Å². The summed E-state index contributed by atoms with van der Waals surface area (Å²) < 4.78 is 28.2. The van der Waals surface area contributed by atoms with E-state index in [9.17, 15) is 8.78 Å². The van der Waals surface area contributed by atoms with E-state index in [1.54, 1.807) is 41.2 Å². The zero-order chi connectivity index (χ0) is 20.9. The number of thiazole rings is 1. The molecule has 0 saturated carbocycles. The van der Waals surface area contributed by atoms with Gasteiger partial charge in [-0.15, -0.1) is 17.9 Å². The molecule has 0 unspecified atom stereocenters. The van der Waals surface area contributed by atoms with E-state index < -0.39 is 0 Å². The molecule has 7 heteroatoms. The average Bonchev–Trinajstić information content (AvgIpc) is 3.39. The first kappa shape index (κ1) is 19.7. The van der Waals surface area contributed by atoms with E-state index in [2.05, 4.69) is 21.7 Å². The lowest BCUT2D eigenvalue weighted by atomic mass is 10.1. The molecule has 0 amide bonds. The zero-order valence-electron chi connectivity index (χ0n) is 15.9. The van der Waals surface area contributed by atoms with Gasteiger partial charge >= 0.3 is 0 Å². The van der Waals surface area contributed by atoms with Gasteiger partial charge in [0.25, 0.3) is 0 Å². The van der Waals surface area contributed by atoms with Crippen LogP contribution in [0.5, 0.6) is 0 Å². The highest BCUT2D eigenvalue weighted by Gasteiger charge is 2.08. The molecule has 30 heavy (non-hydrogen) atoms. The molecule has 4 rings (SSSR count). The van der Waals surface area contributed by atoms with E-state index in [0.29, 0.717) is 11.3 Å². The molecule has 2 heterocycles. The first-order valence-corrected chi connectivity index (χ1v) is 10.1. The van der Waals surface area contributed by atoms with Crippen LogP contribution in [0.15, 0.2) is 88.8 Å². The van der Waals surface area contributed by atoms with Crippen molar-refractivity contribution in [2.45, 2.75) is 0 Å². The first-order chi connectivity index (χ1) is 14.6. The Morgan fingerprint density at radius 3 is 2.27 bits per heavy atom. The third-order valence-corrected chi connectivity index (χ3v) is 5.21. The summed E-state index contributed by atoms with van der Waals surface area (Å²) in [5.41, 5.74) is 4.18. The molecule has 0 atom stereocenters. The summed E-state index contributed by atoms with van der Waals surface area (Å²) in [5.74, 6) is -0.564. The molecule has 150 valence electrons. The van der Waals surface area contributed by atoms with Crippen molar-refractivity contribution < 1.29 is 8.78 Å².